The fraction of sp³-hybridized carbons (Fsp3) is 0.639. The summed E-state index contributed by atoms with van der Waals surface area (Å²) in [5.74, 6) is -0.477. The van der Waals surface area contributed by atoms with E-state index in [0.717, 1.165) is 116 Å². The van der Waals surface area contributed by atoms with Gasteiger partial charge in [-0.3, -0.25) is 9.59 Å². The van der Waals surface area contributed by atoms with Crippen LogP contribution in [0.15, 0.2) is 122 Å². The van der Waals surface area contributed by atoms with Crippen molar-refractivity contribution >= 4 is 11.9 Å². The first-order valence-corrected chi connectivity index (χ1v) is 27.1. The van der Waals surface area contributed by atoms with Gasteiger partial charge in [-0.05, 0) is 128 Å². The number of hydrogen-bond acceptors (Lipinski definition) is 5. The van der Waals surface area contributed by atoms with E-state index in [-0.39, 0.29) is 25.2 Å². The van der Waals surface area contributed by atoms with Crippen LogP contribution in [0.4, 0.5) is 0 Å². The molecule has 0 spiro atoms. The average molecular weight is 913 g/mol. The van der Waals surface area contributed by atoms with Gasteiger partial charge in [-0.15, -0.1) is 0 Å². The molecule has 0 radical (unpaired) electrons. The number of unbranched alkanes of at least 4 members (excludes halogenated alkanes) is 17. The normalized spacial score (nSPS) is 13.2. The highest BCUT2D eigenvalue weighted by atomic mass is 16.6. The van der Waals surface area contributed by atoms with Crippen molar-refractivity contribution in [2.75, 3.05) is 19.8 Å². The van der Waals surface area contributed by atoms with E-state index in [9.17, 15) is 9.59 Å². The molecule has 0 aromatic rings. The molecule has 0 aliphatic heterocycles. The lowest BCUT2D eigenvalue weighted by atomic mass is 10.1. The van der Waals surface area contributed by atoms with Crippen molar-refractivity contribution in [2.24, 2.45) is 0 Å². The standard InChI is InChI=1S/C61H100O5/c1-4-7-10-13-16-19-22-25-28-29-30-31-32-35-38-41-44-47-50-53-56-64-57-59(66-61(63)55-52-49-46-43-40-37-34-27-24-21-18-15-12-9-6-3)58-65-60(62)54-51-48-45-42-39-36-33-26-23-20-17-14-11-8-5-2/h8-9,11-12,16-21,25-28,30-31,33-34,39,42,59H,4-7,10,13-15,22-24,29,32,35-38,40-41,43-58H2,1-3H3/b11-8-,12-9-,19-16-,20-17-,21-18-,28-25-,31-30-,33-26-,34-27-,42-39-. The third-order valence-corrected chi connectivity index (χ3v) is 11.0. The Hall–Kier alpha value is -3.70. The largest absolute Gasteiger partial charge is 0.462 e. The number of allylic oxidation sites excluding steroid dienone is 20. The Labute approximate surface area is 407 Å². The number of esters is 2. The van der Waals surface area contributed by atoms with E-state index < -0.39 is 6.10 Å². The summed E-state index contributed by atoms with van der Waals surface area (Å²) in [6, 6.07) is 0. The van der Waals surface area contributed by atoms with Crippen LogP contribution in [-0.2, 0) is 23.8 Å². The molecule has 1 atom stereocenters. The zero-order valence-electron chi connectivity index (χ0n) is 42.9. The minimum atomic E-state index is -0.576. The highest BCUT2D eigenvalue weighted by molar-refractivity contribution is 5.70. The summed E-state index contributed by atoms with van der Waals surface area (Å²) >= 11 is 0. The zero-order chi connectivity index (χ0) is 47.7. The second-order valence-corrected chi connectivity index (χ2v) is 17.4. The van der Waals surface area contributed by atoms with Crippen LogP contribution in [0.1, 0.15) is 226 Å². The Balaban J connectivity index is 4.39. The van der Waals surface area contributed by atoms with Gasteiger partial charge in [0, 0.05) is 19.4 Å². The number of ether oxygens (including phenoxy) is 3. The maximum Gasteiger partial charge on any atom is 0.306 e. The molecule has 0 aromatic carbocycles. The molecule has 0 saturated heterocycles. The molecule has 5 nitrogen and oxygen atoms in total. The predicted molar refractivity (Wildman–Crippen MR) is 288 cm³/mol. The third kappa shape index (κ3) is 52.9. The van der Waals surface area contributed by atoms with Crippen LogP contribution in [0.3, 0.4) is 0 Å². The molecular weight excluding hydrogens is 813 g/mol. The van der Waals surface area contributed by atoms with Gasteiger partial charge >= 0.3 is 11.9 Å². The summed E-state index contributed by atoms with van der Waals surface area (Å²) in [7, 11) is 0. The molecule has 0 heterocycles. The molecule has 0 bridgehead atoms. The van der Waals surface area contributed by atoms with Gasteiger partial charge in [0.25, 0.3) is 0 Å². The highest BCUT2D eigenvalue weighted by Crippen LogP contribution is 2.12. The minimum Gasteiger partial charge on any atom is -0.462 e. The predicted octanol–water partition coefficient (Wildman–Crippen LogP) is 18.6. The minimum absolute atomic E-state index is 0.0450. The molecule has 0 aliphatic rings. The molecule has 0 aromatic heterocycles. The smallest absolute Gasteiger partial charge is 0.306 e. The quantitative estimate of drug-likeness (QED) is 0.0346. The first-order chi connectivity index (χ1) is 32.6. The van der Waals surface area contributed by atoms with E-state index >= 15 is 0 Å². The van der Waals surface area contributed by atoms with Gasteiger partial charge in [0.1, 0.15) is 6.61 Å². The van der Waals surface area contributed by atoms with Crippen LogP contribution < -0.4 is 0 Å². The highest BCUT2D eigenvalue weighted by Gasteiger charge is 2.17. The van der Waals surface area contributed by atoms with E-state index in [2.05, 4.69) is 142 Å². The van der Waals surface area contributed by atoms with Crippen molar-refractivity contribution in [3.63, 3.8) is 0 Å². The van der Waals surface area contributed by atoms with Gasteiger partial charge in [-0.25, -0.2) is 0 Å². The molecule has 5 heteroatoms. The number of carbonyl (C=O) groups excluding carboxylic acids is 2. The lowest BCUT2D eigenvalue weighted by Gasteiger charge is -2.18. The van der Waals surface area contributed by atoms with Gasteiger partial charge in [0.15, 0.2) is 6.10 Å². The third-order valence-electron chi connectivity index (χ3n) is 11.0. The molecule has 0 aliphatic carbocycles. The Morgan fingerprint density at radius 3 is 1.12 bits per heavy atom. The summed E-state index contributed by atoms with van der Waals surface area (Å²) in [5, 5.41) is 0. The molecule has 0 N–H and O–H groups in total. The van der Waals surface area contributed by atoms with Crippen LogP contribution >= 0.6 is 0 Å². The van der Waals surface area contributed by atoms with Crippen molar-refractivity contribution in [3.8, 4) is 0 Å². The lowest BCUT2D eigenvalue weighted by molar-refractivity contribution is -0.163. The first kappa shape index (κ1) is 62.3. The second kappa shape index (κ2) is 55.6. The Kier molecular flexibility index (Phi) is 52.5. The van der Waals surface area contributed by atoms with Gasteiger partial charge in [0.2, 0.25) is 0 Å². The summed E-state index contributed by atoms with van der Waals surface area (Å²) in [6.45, 7) is 7.48. The van der Waals surface area contributed by atoms with Crippen LogP contribution in [0.25, 0.3) is 0 Å². The van der Waals surface area contributed by atoms with Crippen molar-refractivity contribution in [3.05, 3.63) is 122 Å². The van der Waals surface area contributed by atoms with Crippen LogP contribution in [0, 0.1) is 0 Å². The Morgan fingerprint density at radius 2 is 0.682 bits per heavy atom. The summed E-state index contributed by atoms with van der Waals surface area (Å²) in [4.78, 5) is 25.4. The van der Waals surface area contributed by atoms with E-state index in [0.29, 0.717) is 19.4 Å². The van der Waals surface area contributed by atoms with Crippen molar-refractivity contribution in [1.29, 1.82) is 0 Å². The monoisotopic (exact) mass is 913 g/mol. The van der Waals surface area contributed by atoms with Crippen LogP contribution in [0.5, 0.6) is 0 Å². The van der Waals surface area contributed by atoms with Crippen LogP contribution in [0.2, 0.25) is 0 Å². The summed E-state index contributed by atoms with van der Waals surface area (Å²) in [6.07, 6.45) is 77.8. The number of rotatable bonds is 48. The topological polar surface area (TPSA) is 61.8 Å². The van der Waals surface area contributed by atoms with Gasteiger partial charge in [-0.1, -0.05) is 206 Å². The molecule has 66 heavy (non-hydrogen) atoms. The maximum atomic E-state index is 12.8. The van der Waals surface area contributed by atoms with Crippen LogP contribution in [-0.4, -0.2) is 37.9 Å². The SMILES string of the molecule is CC/C=C\C/C=C\C/C=C\C/C=C\CCCCC(=O)OCC(COCCCCCCCCC/C=C\C/C=C\C/C=C\CCCCC)OC(=O)CCCCCCC/C=C\C/C=C\C/C=C\CC. The molecule has 374 valence electrons. The van der Waals surface area contributed by atoms with E-state index in [1.165, 1.54) is 77.0 Å². The lowest BCUT2D eigenvalue weighted by Crippen LogP contribution is -2.30. The van der Waals surface area contributed by atoms with Crippen molar-refractivity contribution in [2.45, 2.75) is 232 Å². The van der Waals surface area contributed by atoms with E-state index in [1.807, 2.05) is 0 Å². The first-order valence-electron chi connectivity index (χ1n) is 27.1. The second-order valence-electron chi connectivity index (χ2n) is 17.4. The maximum absolute atomic E-state index is 12.8. The average Bonchev–Trinajstić information content (AvgIpc) is 3.32. The van der Waals surface area contributed by atoms with Gasteiger partial charge in [-0.2, -0.15) is 0 Å². The number of carbonyl (C=O) groups is 2. The molecule has 0 amide bonds. The van der Waals surface area contributed by atoms with Crippen molar-refractivity contribution in [1.82, 2.24) is 0 Å². The molecule has 0 rings (SSSR count). The van der Waals surface area contributed by atoms with E-state index in [1.54, 1.807) is 0 Å². The van der Waals surface area contributed by atoms with Gasteiger partial charge in [0.05, 0.1) is 6.61 Å². The number of hydrogen-bond donors (Lipinski definition) is 0. The van der Waals surface area contributed by atoms with Gasteiger partial charge < -0.3 is 14.2 Å². The molecule has 0 fully saturated rings. The molecule has 0 saturated carbocycles. The van der Waals surface area contributed by atoms with E-state index in [4.69, 9.17) is 14.2 Å². The fourth-order valence-electron chi connectivity index (χ4n) is 6.99. The molecular formula is C61H100O5. The Bertz CT molecular complexity index is 1350. The fourth-order valence-corrected chi connectivity index (χ4v) is 6.99. The Morgan fingerprint density at radius 1 is 0.348 bits per heavy atom. The summed E-state index contributed by atoms with van der Waals surface area (Å²) < 4.78 is 17.4. The summed E-state index contributed by atoms with van der Waals surface area (Å²) in [5.41, 5.74) is 0. The molecule has 1 unspecified atom stereocenters. The zero-order valence-corrected chi connectivity index (χ0v) is 42.9. The van der Waals surface area contributed by atoms with Crippen molar-refractivity contribution < 1.29 is 23.8 Å².